The number of rotatable bonds is 5. The van der Waals surface area contributed by atoms with E-state index < -0.39 is 9.84 Å². The van der Waals surface area contributed by atoms with Gasteiger partial charge in [0.25, 0.3) is 0 Å². The Hall–Kier alpha value is -1.63. The predicted octanol–water partition coefficient (Wildman–Crippen LogP) is 1.32. The summed E-state index contributed by atoms with van der Waals surface area (Å²) in [6, 6.07) is 6.33. The first-order valence-corrected chi connectivity index (χ1v) is 9.27. The van der Waals surface area contributed by atoms with Gasteiger partial charge in [-0.05, 0) is 37.0 Å². The maximum Gasteiger partial charge on any atom is 0.191 e. The molecule has 0 amide bonds. The molecule has 1 saturated heterocycles. The van der Waals surface area contributed by atoms with E-state index >= 15 is 0 Å². The average Bonchev–Trinajstić information content (AvgIpc) is 2.81. The van der Waals surface area contributed by atoms with E-state index in [2.05, 4.69) is 15.6 Å². The van der Waals surface area contributed by atoms with Crippen LogP contribution < -0.4 is 10.6 Å². The van der Waals surface area contributed by atoms with Crippen LogP contribution in [0.3, 0.4) is 0 Å². The molecule has 1 aromatic carbocycles. The lowest BCUT2D eigenvalue weighted by molar-refractivity contribution is 0.567. The molecule has 1 aliphatic rings. The summed E-state index contributed by atoms with van der Waals surface area (Å²) in [4.78, 5) is 4.40. The van der Waals surface area contributed by atoms with Crippen molar-refractivity contribution in [3.8, 4) is 0 Å². The van der Waals surface area contributed by atoms with Crippen LogP contribution in [0.1, 0.15) is 18.9 Å². The van der Waals surface area contributed by atoms with Crippen LogP contribution >= 0.6 is 0 Å². The molecule has 22 heavy (non-hydrogen) atoms. The van der Waals surface area contributed by atoms with Gasteiger partial charge in [0.1, 0.15) is 5.82 Å². The van der Waals surface area contributed by atoms with Gasteiger partial charge >= 0.3 is 0 Å². The van der Waals surface area contributed by atoms with E-state index in [-0.39, 0.29) is 23.2 Å². The molecule has 0 aromatic heterocycles. The summed E-state index contributed by atoms with van der Waals surface area (Å²) in [5.41, 5.74) is 0.792. The van der Waals surface area contributed by atoms with E-state index in [1.54, 1.807) is 6.07 Å². The highest BCUT2D eigenvalue weighted by Gasteiger charge is 2.27. The SMILES string of the molecule is CCNC(=NCc1cccc(F)c1)NCC1CCS(=O)(=O)C1. The number of sulfone groups is 1. The van der Waals surface area contributed by atoms with Gasteiger partial charge in [-0.1, -0.05) is 12.1 Å². The monoisotopic (exact) mass is 327 g/mol. The molecule has 1 unspecified atom stereocenters. The molecule has 7 heteroatoms. The fraction of sp³-hybridized carbons (Fsp3) is 0.533. The van der Waals surface area contributed by atoms with E-state index in [0.717, 1.165) is 5.56 Å². The number of guanidine groups is 1. The lowest BCUT2D eigenvalue weighted by Crippen LogP contribution is -2.40. The smallest absolute Gasteiger partial charge is 0.191 e. The Bertz CT molecular complexity index is 631. The summed E-state index contributed by atoms with van der Waals surface area (Å²) in [5.74, 6) is 0.987. The van der Waals surface area contributed by atoms with Crippen LogP contribution in [0.25, 0.3) is 0 Å². The molecule has 0 spiro atoms. The molecule has 0 bridgehead atoms. The number of benzene rings is 1. The van der Waals surface area contributed by atoms with Crippen LogP contribution in [0.15, 0.2) is 29.3 Å². The number of nitrogens with zero attached hydrogens (tertiary/aromatic N) is 1. The van der Waals surface area contributed by atoms with Crippen molar-refractivity contribution < 1.29 is 12.8 Å². The van der Waals surface area contributed by atoms with Gasteiger partial charge in [0.15, 0.2) is 15.8 Å². The fourth-order valence-corrected chi connectivity index (χ4v) is 4.28. The summed E-state index contributed by atoms with van der Waals surface area (Å²) < 4.78 is 36.0. The minimum Gasteiger partial charge on any atom is -0.357 e. The number of halogens is 1. The summed E-state index contributed by atoms with van der Waals surface area (Å²) in [5, 5.41) is 6.27. The molecule has 1 heterocycles. The van der Waals surface area contributed by atoms with Crippen molar-refractivity contribution >= 4 is 15.8 Å². The molecular weight excluding hydrogens is 305 g/mol. The minimum absolute atomic E-state index is 0.128. The molecule has 2 N–H and O–H groups in total. The first kappa shape index (κ1) is 16.7. The minimum atomic E-state index is -2.86. The third kappa shape index (κ3) is 5.29. The Morgan fingerprint density at radius 3 is 2.86 bits per heavy atom. The number of nitrogens with one attached hydrogen (secondary N) is 2. The van der Waals surface area contributed by atoms with Crippen molar-refractivity contribution in [3.63, 3.8) is 0 Å². The van der Waals surface area contributed by atoms with Crippen molar-refractivity contribution in [3.05, 3.63) is 35.6 Å². The van der Waals surface area contributed by atoms with Crippen LogP contribution in [0.5, 0.6) is 0 Å². The molecule has 1 aromatic rings. The third-order valence-electron chi connectivity index (χ3n) is 3.54. The highest BCUT2D eigenvalue weighted by molar-refractivity contribution is 7.91. The Labute approximate surface area is 130 Å². The lowest BCUT2D eigenvalue weighted by Gasteiger charge is -2.14. The van der Waals surface area contributed by atoms with Crippen molar-refractivity contribution in [1.82, 2.24) is 10.6 Å². The highest BCUT2D eigenvalue weighted by Crippen LogP contribution is 2.17. The summed E-state index contributed by atoms with van der Waals surface area (Å²) in [6.07, 6.45) is 0.693. The van der Waals surface area contributed by atoms with E-state index in [1.165, 1.54) is 12.1 Å². The fourth-order valence-electron chi connectivity index (χ4n) is 2.42. The Morgan fingerprint density at radius 2 is 2.23 bits per heavy atom. The van der Waals surface area contributed by atoms with Crippen molar-refractivity contribution in [2.45, 2.75) is 19.9 Å². The Morgan fingerprint density at radius 1 is 1.41 bits per heavy atom. The summed E-state index contributed by atoms with van der Waals surface area (Å²) in [6.45, 7) is 3.61. The van der Waals surface area contributed by atoms with E-state index in [1.807, 2.05) is 13.0 Å². The van der Waals surface area contributed by atoms with Gasteiger partial charge in [0.2, 0.25) is 0 Å². The summed E-state index contributed by atoms with van der Waals surface area (Å²) in [7, 11) is -2.86. The Kier molecular flexibility index (Phi) is 5.76. The van der Waals surface area contributed by atoms with Crippen LogP contribution in [0.4, 0.5) is 4.39 Å². The number of hydrogen-bond donors (Lipinski definition) is 2. The normalized spacial score (nSPS) is 20.8. The van der Waals surface area contributed by atoms with Gasteiger partial charge in [-0.3, -0.25) is 0 Å². The second-order valence-corrected chi connectivity index (χ2v) is 7.70. The molecule has 0 radical (unpaired) electrons. The zero-order chi connectivity index (χ0) is 16.0. The number of aliphatic imine (C=N–C) groups is 1. The van der Waals surface area contributed by atoms with E-state index in [4.69, 9.17) is 0 Å². The second-order valence-electron chi connectivity index (χ2n) is 5.48. The highest BCUT2D eigenvalue weighted by atomic mass is 32.2. The second kappa shape index (κ2) is 7.58. The zero-order valence-electron chi connectivity index (χ0n) is 12.7. The quantitative estimate of drug-likeness (QED) is 0.632. The van der Waals surface area contributed by atoms with Crippen molar-refractivity contribution in [2.75, 3.05) is 24.6 Å². The molecule has 0 saturated carbocycles. The largest absolute Gasteiger partial charge is 0.357 e. The topological polar surface area (TPSA) is 70.6 Å². The van der Waals surface area contributed by atoms with Gasteiger partial charge in [-0.15, -0.1) is 0 Å². The lowest BCUT2D eigenvalue weighted by atomic mass is 10.1. The van der Waals surface area contributed by atoms with E-state index in [9.17, 15) is 12.8 Å². The van der Waals surface area contributed by atoms with Gasteiger partial charge < -0.3 is 10.6 Å². The Balaban J connectivity index is 1.90. The molecule has 5 nitrogen and oxygen atoms in total. The van der Waals surface area contributed by atoms with Crippen molar-refractivity contribution in [2.24, 2.45) is 10.9 Å². The first-order chi connectivity index (χ1) is 10.5. The van der Waals surface area contributed by atoms with Gasteiger partial charge in [-0.2, -0.15) is 0 Å². The predicted molar refractivity (Wildman–Crippen MR) is 86.0 cm³/mol. The van der Waals surface area contributed by atoms with Gasteiger partial charge in [-0.25, -0.2) is 17.8 Å². The standard InChI is InChI=1S/C15H22FN3O2S/c1-2-17-15(18-9-12-4-3-5-14(16)8-12)19-10-13-6-7-22(20,21)11-13/h3-5,8,13H,2,6-7,9-11H2,1H3,(H2,17,18,19). The zero-order valence-corrected chi connectivity index (χ0v) is 13.5. The van der Waals surface area contributed by atoms with Crippen LogP contribution in [0.2, 0.25) is 0 Å². The average molecular weight is 327 g/mol. The molecular formula is C15H22FN3O2S. The van der Waals surface area contributed by atoms with Crippen LogP contribution in [0, 0.1) is 11.7 Å². The number of hydrogen-bond acceptors (Lipinski definition) is 3. The van der Waals surface area contributed by atoms with Crippen LogP contribution in [-0.4, -0.2) is 39.0 Å². The summed E-state index contributed by atoms with van der Waals surface area (Å²) >= 11 is 0. The van der Waals surface area contributed by atoms with Crippen molar-refractivity contribution in [1.29, 1.82) is 0 Å². The van der Waals surface area contributed by atoms with Gasteiger partial charge in [0.05, 0.1) is 18.1 Å². The first-order valence-electron chi connectivity index (χ1n) is 7.45. The molecule has 2 rings (SSSR count). The maximum absolute atomic E-state index is 13.1. The molecule has 0 aliphatic carbocycles. The molecule has 122 valence electrons. The van der Waals surface area contributed by atoms with Crippen LogP contribution in [-0.2, 0) is 16.4 Å². The molecule has 1 fully saturated rings. The molecule has 1 atom stereocenters. The van der Waals surface area contributed by atoms with E-state index in [0.29, 0.717) is 32.0 Å². The third-order valence-corrected chi connectivity index (χ3v) is 5.37. The molecule has 1 aliphatic heterocycles. The maximum atomic E-state index is 13.1. The van der Waals surface area contributed by atoms with Gasteiger partial charge in [0, 0.05) is 13.1 Å².